The Morgan fingerprint density at radius 1 is 1.09 bits per heavy atom. The monoisotopic (exact) mass is 466 g/mol. The number of rotatable bonds is 6. The van der Waals surface area contributed by atoms with Crippen LogP contribution in [0.15, 0.2) is 54.6 Å². The molecular weight excluding hydrogens is 435 g/mol. The van der Waals surface area contributed by atoms with E-state index in [0.29, 0.717) is 38.2 Å². The summed E-state index contributed by atoms with van der Waals surface area (Å²) in [7, 11) is 0. The number of benzene rings is 2. The first-order chi connectivity index (χ1) is 16.3. The van der Waals surface area contributed by atoms with Gasteiger partial charge in [0.25, 0.3) is 11.8 Å². The van der Waals surface area contributed by atoms with Gasteiger partial charge in [0, 0.05) is 30.4 Å². The summed E-state index contributed by atoms with van der Waals surface area (Å²) < 4.78 is 13.6. The SMILES string of the molecule is CC[C@@H](C)NC(=O)CN1CN(c2ccccc2)C2(CCN(C(=O)c3cccc(F)c3)CC2)C1=O. The number of anilines is 1. The van der Waals surface area contributed by atoms with Gasteiger partial charge in [0.05, 0.1) is 6.67 Å². The minimum atomic E-state index is -0.823. The van der Waals surface area contributed by atoms with Crippen molar-refractivity contribution in [3.8, 4) is 0 Å². The minimum absolute atomic E-state index is 0.000192. The number of halogens is 1. The highest BCUT2D eigenvalue weighted by atomic mass is 19.1. The van der Waals surface area contributed by atoms with Crippen molar-refractivity contribution in [2.24, 2.45) is 0 Å². The van der Waals surface area contributed by atoms with Gasteiger partial charge in [-0.3, -0.25) is 14.4 Å². The van der Waals surface area contributed by atoms with Crippen molar-refractivity contribution < 1.29 is 18.8 Å². The van der Waals surface area contributed by atoms with Gasteiger partial charge in [0.2, 0.25) is 5.91 Å². The van der Waals surface area contributed by atoms with Gasteiger partial charge in [-0.15, -0.1) is 0 Å². The van der Waals surface area contributed by atoms with Crippen LogP contribution in [0.5, 0.6) is 0 Å². The number of carbonyl (C=O) groups excluding carboxylic acids is 3. The van der Waals surface area contributed by atoms with Crippen molar-refractivity contribution in [1.82, 2.24) is 15.1 Å². The molecule has 2 saturated heterocycles. The largest absolute Gasteiger partial charge is 0.352 e. The molecule has 2 aliphatic heterocycles. The summed E-state index contributed by atoms with van der Waals surface area (Å²) in [5.41, 5.74) is 0.388. The second-order valence-corrected chi connectivity index (χ2v) is 9.12. The van der Waals surface area contributed by atoms with Crippen molar-refractivity contribution in [1.29, 1.82) is 0 Å². The van der Waals surface area contributed by atoms with Crippen molar-refractivity contribution in [2.75, 3.05) is 31.2 Å². The quantitative estimate of drug-likeness (QED) is 0.711. The fourth-order valence-electron chi connectivity index (χ4n) is 4.80. The van der Waals surface area contributed by atoms with E-state index < -0.39 is 11.4 Å². The lowest BCUT2D eigenvalue weighted by atomic mass is 9.85. The first-order valence-corrected chi connectivity index (χ1v) is 11.8. The molecule has 0 saturated carbocycles. The molecule has 1 spiro atoms. The zero-order valence-corrected chi connectivity index (χ0v) is 19.7. The number of nitrogens with one attached hydrogen (secondary N) is 1. The van der Waals surface area contributed by atoms with Crippen LogP contribution < -0.4 is 10.2 Å². The van der Waals surface area contributed by atoms with Gasteiger partial charge in [-0.05, 0) is 56.5 Å². The third kappa shape index (κ3) is 4.62. The number of hydrogen-bond donors (Lipinski definition) is 1. The molecule has 8 heteroatoms. The molecule has 0 unspecified atom stereocenters. The molecule has 1 atom stereocenters. The van der Waals surface area contributed by atoms with Crippen LogP contribution in [-0.2, 0) is 9.59 Å². The molecule has 0 bridgehead atoms. The Labute approximate surface area is 199 Å². The Morgan fingerprint density at radius 2 is 1.79 bits per heavy atom. The minimum Gasteiger partial charge on any atom is -0.352 e. The van der Waals surface area contributed by atoms with E-state index in [4.69, 9.17) is 0 Å². The highest BCUT2D eigenvalue weighted by molar-refractivity contribution is 5.97. The van der Waals surface area contributed by atoms with E-state index in [1.54, 1.807) is 15.9 Å². The van der Waals surface area contributed by atoms with E-state index in [9.17, 15) is 18.8 Å². The number of nitrogens with zero attached hydrogens (tertiary/aromatic N) is 3. The summed E-state index contributed by atoms with van der Waals surface area (Å²) in [4.78, 5) is 44.5. The van der Waals surface area contributed by atoms with Crippen LogP contribution in [0.3, 0.4) is 0 Å². The second-order valence-electron chi connectivity index (χ2n) is 9.12. The third-order valence-electron chi connectivity index (χ3n) is 6.89. The number of amides is 3. The number of likely N-dealkylation sites (tertiary alicyclic amines) is 1. The van der Waals surface area contributed by atoms with Crippen molar-refractivity contribution in [2.45, 2.75) is 44.7 Å². The van der Waals surface area contributed by atoms with Crippen LogP contribution in [0, 0.1) is 5.82 Å². The molecule has 0 aromatic heterocycles. The van der Waals surface area contributed by atoms with Crippen LogP contribution in [0.4, 0.5) is 10.1 Å². The van der Waals surface area contributed by atoms with Gasteiger partial charge in [-0.25, -0.2) is 4.39 Å². The van der Waals surface area contributed by atoms with Crippen molar-refractivity contribution in [3.63, 3.8) is 0 Å². The summed E-state index contributed by atoms with van der Waals surface area (Å²) >= 11 is 0. The second kappa shape index (κ2) is 9.83. The average Bonchev–Trinajstić information content (AvgIpc) is 3.10. The lowest BCUT2D eigenvalue weighted by Gasteiger charge is -2.43. The first-order valence-electron chi connectivity index (χ1n) is 11.8. The van der Waals surface area contributed by atoms with Gasteiger partial charge >= 0.3 is 0 Å². The Morgan fingerprint density at radius 3 is 2.44 bits per heavy atom. The van der Waals surface area contributed by atoms with E-state index >= 15 is 0 Å². The Balaban J connectivity index is 1.54. The molecule has 1 N–H and O–H groups in total. The standard InChI is InChI=1S/C26H31FN4O3/c1-3-19(2)28-23(32)17-30-18-31(22-10-5-4-6-11-22)26(25(30)34)12-14-29(15-13-26)24(33)20-8-7-9-21(27)16-20/h4-11,16,19H,3,12-15,17-18H2,1-2H3,(H,28,32)/t19-/m1/s1. The fraction of sp³-hybridized carbons (Fsp3) is 0.423. The van der Waals surface area contributed by atoms with E-state index in [2.05, 4.69) is 10.2 Å². The Bertz CT molecular complexity index is 1050. The summed E-state index contributed by atoms with van der Waals surface area (Å²) in [6.45, 7) is 4.99. The van der Waals surface area contributed by atoms with Crippen molar-refractivity contribution in [3.05, 3.63) is 66.0 Å². The van der Waals surface area contributed by atoms with Gasteiger partial charge in [0.15, 0.2) is 0 Å². The molecule has 2 aromatic carbocycles. The lowest BCUT2D eigenvalue weighted by Crippen LogP contribution is -2.57. The summed E-state index contributed by atoms with van der Waals surface area (Å²) in [6.07, 6.45) is 1.69. The Hall–Kier alpha value is -3.42. The maximum absolute atomic E-state index is 13.7. The highest BCUT2D eigenvalue weighted by Gasteiger charge is 2.54. The predicted molar refractivity (Wildman–Crippen MR) is 128 cm³/mol. The number of para-hydroxylation sites is 1. The summed E-state index contributed by atoms with van der Waals surface area (Å²) in [5, 5.41) is 2.93. The number of carbonyl (C=O) groups is 3. The molecule has 2 aliphatic rings. The molecular formula is C26H31FN4O3. The van der Waals surface area contributed by atoms with Gasteiger partial charge < -0.3 is 20.0 Å². The van der Waals surface area contributed by atoms with E-state index in [1.165, 1.54) is 18.2 Å². The smallest absolute Gasteiger partial charge is 0.253 e. The predicted octanol–water partition coefficient (Wildman–Crippen LogP) is 3.02. The van der Waals surface area contributed by atoms with E-state index in [-0.39, 0.29) is 30.3 Å². The summed E-state index contributed by atoms with van der Waals surface area (Å²) in [5.74, 6) is -0.956. The van der Waals surface area contributed by atoms with E-state index in [0.717, 1.165) is 12.1 Å². The molecule has 2 heterocycles. The molecule has 0 radical (unpaired) electrons. The zero-order chi connectivity index (χ0) is 24.3. The third-order valence-corrected chi connectivity index (χ3v) is 6.89. The molecule has 7 nitrogen and oxygen atoms in total. The number of piperidine rings is 1. The molecule has 2 aromatic rings. The van der Waals surface area contributed by atoms with Crippen molar-refractivity contribution >= 4 is 23.4 Å². The molecule has 180 valence electrons. The highest BCUT2D eigenvalue weighted by Crippen LogP contribution is 2.39. The van der Waals surface area contributed by atoms with Crippen LogP contribution >= 0.6 is 0 Å². The lowest BCUT2D eigenvalue weighted by molar-refractivity contribution is -0.137. The van der Waals surface area contributed by atoms with Crippen LogP contribution in [-0.4, -0.2) is 65.4 Å². The van der Waals surface area contributed by atoms with Gasteiger partial charge in [-0.1, -0.05) is 31.2 Å². The van der Waals surface area contributed by atoms with Gasteiger partial charge in [-0.2, -0.15) is 0 Å². The van der Waals surface area contributed by atoms with Crippen LogP contribution in [0.1, 0.15) is 43.5 Å². The molecule has 0 aliphatic carbocycles. The molecule has 3 amide bonds. The first kappa shape index (κ1) is 23.7. The van der Waals surface area contributed by atoms with E-state index in [1.807, 2.05) is 44.2 Å². The Kier molecular flexibility index (Phi) is 6.86. The normalized spacial score (nSPS) is 18.3. The van der Waals surface area contributed by atoms with Crippen LogP contribution in [0.2, 0.25) is 0 Å². The fourth-order valence-corrected chi connectivity index (χ4v) is 4.80. The topological polar surface area (TPSA) is 73.0 Å². The average molecular weight is 467 g/mol. The zero-order valence-electron chi connectivity index (χ0n) is 19.7. The number of hydrogen-bond acceptors (Lipinski definition) is 4. The molecule has 2 fully saturated rings. The molecule has 34 heavy (non-hydrogen) atoms. The maximum Gasteiger partial charge on any atom is 0.253 e. The molecule has 4 rings (SSSR count). The maximum atomic E-state index is 13.7. The summed E-state index contributed by atoms with van der Waals surface area (Å²) in [6, 6.07) is 15.4. The van der Waals surface area contributed by atoms with Gasteiger partial charge in [0.1, 0.15) is 17.9 Å². The van der Waals surface area contributed by atoms with Crippen LogP contribution in [0.25, 0.3) is 0 Å².